The van der Waals surface area contributed by atoms with Gasteiger partial charge in [0.2, 0.25) is 5.88 Å². The van der Waals surface area contributed by atoms with Gasteiger partial charge in [-0.1, -0.05) is 16.5 Å². The minimum Gasteiger partial charge on any atom is -0.375 e. The van der Waals surface area contributed by atoms with Gasteiger partial charge in [-0.3, -0.25) is 10.1 Å². The summed E-state index contributed by atoms with van der Waals surface area (Å²) in [7, 11) is 0. The number of nitrogens with two attached hydrogens (primary N) is 1. The van der Waals surface area contributed by atoms with Gasteiger partial charge in [0.05, 0.1) is 15.9 Å². The molecule has 7 heteroatoms. The lowest BCUT2D eigenvalue weighted by Gasteiger charge is -2.02. The van der Waals surface area contributed by atoms with Crippen molar-refractivity contribution in [1.82, 2.24) is 10.1 Å². The number of nitrogens with zero attached hydrogens (tertiary/aromatic N) is 2. The van der Waals surface area contributed by atoms with Crippen molar-refractivity contribution >= 4 is 38.5 Å². The summed E-state index contributed by atoms with van der Waals surface area (Å²) in [6.45, 7) is 3.66. The van der Waals surface area contributed by atoms with Gasteiger partial charge in [0.15, 0.2) is 5.13 Å². The van der Waals surface area contributed by atoms with Crippen LogP contribution in [0.15, 0.2) is 22.7 Å². The highest BCUT2D eigenvalue weighted by Gasteiger charge is 2.14. The zero-order chi connectivity index (χ0) is 14.3. The van der Waals surface area contributed by atoms with Gasteiger partial charge in [-0.05, 0) is 32.0 Å². The number of aromatic nitrogens is 2. The molecule has 0 fully saturated rings. The van der Waals surface area contributed by atoms with Gasteiger partial charge >= 0.3 is 0 Å². The number of amides is 1. The molecule has 2 aromatic heterocycles. The van der Waals surface area contributed by atoms with Crippen molar-refractivity contribution in [2.24, 2.45) is 0 Å². The second-order valence-corrected chi connectivity index (χ2v) is 5.47. The van der Waals surface area contributed by atoms with Crippen LogP contribution in [0.25, 0.3) is 10.2 Å². The molecule has 0 saturated carbocycles. The Morgan fingerprint density at radius 3 is 2.90 bits per heavy atom. The lowest BCUT2D eigenvalue weighted by molar-refractivity contribution is 0.102. The topological polar surface area (TPSA) is 94.0 Å². The fraction of sp³-hybridized carbons (Fsp3) is 0.154. The van der Waals surface area contributed by atoms with Crippen LogP contribution in [0.2, 0.25) is 0 Å². The first-order valence-corrected chi connectivity index (χ1v) is 6.76. The molecule has 3 rings (SSSR count). The maximum atomic E-state index is 12.2. The summed E-state index contributed by atoms with van der Waals surface area (Å²) in [6.07, 6.45) is 0. The van der Waals surface area contributed by atoms with E-state index in [0.29, 0.717) is 16.6 Å². The average Bonchev–Trinajstić information content (AvgIpc) is 2.93. The van der Waals surface area contributed by atoms with Gasteiger partial charge in [0, 0.05) is 11.1 Å². The van der Waals surface area contributed by atoms with E-state index in [2.05, 4.69) is 15.5 Å². The molecule has 0 radical (unpaired) electrons. The van der Waals surface area contributed by atoms with Gasteiger partial charge in [-0.2, -0.15) is 0 Å². The van der Waals surface area contributed by atoms with E-state index in [-0.39, 0.29) is 5.91 Å². The van der Waals surface area contributed by atoms with Crippen molar-refractivity contribution < 1.29 is 9.32 Å². The Hall–Kier alpha value is -2.41. The number of carbonyl (C=O) groups excluding carboxylic acids is 1. The van der Waals surface area contributed by atoms with Crippen molar-refractivity contribution in [2.75, 3.05) is 11.1 Å². The number of aryl methyl sites for hydroxylation is 1. The maximum Gasteiger partial charge on any atom is 0.258 e. The van der Waals surface area contributed by atoms with Crippen molar-refractivity contribution in [3.05, 3.63) is 35.0 Å². The van der Waals surface area contributed by atoms with Crippen molar-refractivity contribution in [2.45, 2.75) is 13.8 Å². The first kappa shape index (κ1) is 12.6. The summed E-state index contributed by atoms with van der Waals surface area (Å²) >= 11 is 1.35. The van der Waals surface area contributed by atoms with E-state index in [1.165, 1.54) is 11.3 Å². The molecular formula is C13H12N4O2S. The summed E-state index contributed by atoms with van der Waals surface area (Å²) in [4.78, 5) is 16.3. The lowest BCUT2D eigenvalue weighted by atomic mass is 10.2. The normalized spacial score (nSPS) is 10.9. The summed E-state index contributed by atoms with van der Waals surface area (Å²) in [5.41, 5.74) is 8.53. The first-order chi connectivity index (χ1) is 9.54. The number of anilines is 2. The van der Waals surface area contributed by atoms with Crippen LogP contribution in [0.1, 0.15) is 21.6 Å². The Balaban J connectivity index is 1.90. The molecule has 1 amide bonds. The van der Waals surface area contributed by atoms with E-state index in [0.717, 1.165) is 21.5 Å². The van der Waals surface area contributed by atoms with Crippen LogP contribution in [0, 0.1) is 13.8 Å². The molecule has 0 saturated heterocycles. The third-order valence-electron chi connectivity index (χ3n) is 3.05. The molecule has 0 aliphatic carbocycles. The number of carbonyl (C=O) groups is 1. The molecule has 3 N–H and O–H groups in total. The van der Waals surface area contributed by atoms with E-state index >= 15 is 0 Å². The second kappa shape index (κ2) is 4.61. The molecule has 0 aliphatic heterocycles. The molecule has 2 heterocycles. The molecule has 3 aromatic rings. The van der Waals surface area contributed by atoms with E-state index in [1.54, 1.807) is 18.2 Å². The number of hydrogen-bond acceptors (Lipinski definition) is 6. The van der Waals surface area contributed by atoms with Crippen LogP contribution in [-0.4, -0.2) is 16.0 Å². The number of nitrogen functional groups attached to an aromatic ring is 1. The Labute approximate surface area is 118 Å². The van der Waals surface area contributed by atoms with Crippen LogP contribution in [0.4, 0.5) is 11.0 Å². The standard InChI is InChI=1S/C13H12N4O2S/c1-6-7(2)17-19-12(6)16-11(18)8-3-4-9-10(5-8)20-13(14)15-9/h3-5H,1-2H3,(H2,14,15)(H,16,18). The SMILES string of the molecule is Cc1noc(NC(=O)c2ccc3nc(N)sc3c2)c1C. The highest BCUT2D eigenvalue weighted by atomic mass is 32.1. The number of nitrogens with one attached hydrogen (secondary N) is 1. The van der Waals surface area contributed by atoms with Gasteiger partial charge in [0.1, 0.15) is 0 Å². The summed E-state index contributed by atoms with van der Waals surface area (Å²) in [6, 6.07) is 5.24. The van der Waals surface area contributed by atoms with Crippen LogP contribution in [0.5, 0.6) is 0 Å². The van der Waals surface area contributed by atoms with Crippen molar-refractivity contribution in [3.63, 3.8) is 0 Å². The average molecular weight is 288 g/mol. The van der Waals surface area contributed by atoms with Crippen molar-refractivity contribution in [1.29, 1.82) is 0 Å². The van der Waals surface area contributed by atoms with Gasteiger partial charge in [-0.25, -0.2) is 4.98 Å². The predicted octanol–water partition coefficient (Wildman–Crippen LogP) is 2.74. The Bertz CT molecular complexity index is 806. The molecule has 1 aromatic carbocycles. The van der Waals surface area contributed by atoms with E-state index in [4.69, 9.17) is 10.3 Å². The zero-order valence-corrected chi connectivity index (χ0v) is 11.7. The Kier molecular flexibility index (Phi) is 2.90. The first-order valence-electron chi connectivity index (χ1n) is 5.95. The van der Waals surface area contributed by atoms with Crippen molar-refractivity contribution in [3.8, 4) is 0 Å². The van der Waals surface area contributed by atoms with Gasteiger partial charge in [0.25, 0.3) is 5.91 Å². The highest BCUT2D eigenvalue weighted by Crippen LogP contribution is 2.25. The predicted molar refractivity (Wildman–Crippen MR) is 78.0 cm³/mol. The van der Waals surface area contributed by atoms with Gasteiger partial charge < -0.3 is 10.3 Å². The van der Waals surface area contributed by atoms with Crippen LogP contribution < -0.4 is 11.1 Å². The highest BCUT2D eigenvalue weighted by molar-refractivity contribution is 7.22. The molecule has 0 unspecified atom stereocenters. The molecule has 102 valence electrons. The van der Waals surface area contributed by atoms with E-state index in [1.807, 2.05) is 13.8 Å². The monoisotopic (exact) mass is 288 g/mol. The number of thiazole rings is 1. The summed E-state index contributed by atoms with van der Waals surface area (Å²) in [5, 5.41) is 6.99. The minimum absolute atomic E-state index is 0.252. The van der Waals surface area contributed by atoms with Crippen LogP contribution in [-0.2, 0) is 0 Å². The largest absolute Gasteiger partial charge is 0.375 e. The molecular weight excluding hydrogens is 276 g/mol. The third kappa shape index (κ3) is 2.12. The number of rotatable bonds is 2. The quantitative estimate of drug-likeness (QED) is 0.756. The number of benzene rings is 1. The Morgan fingerprint density at radius 2 is 2.20 bits per heavy atom. The van der Waals surface area contributed by atoms with Crippen LogP contribution >= 0.6 is 11.3 Å². The molecule has 0 spiro atoms. The van der Waals surface area contributed by atoms with Crippen LogP contribution in [0.3, 0.4) is 0 Å². The number of fused-ring (bicyclic) bond motifs is 1. The maximum absolute atomic E-state index is 12.2. The van der Waals surface area contributed by atoms with Gasteiger partial charge in [-0.15, -0.1) is 0 Å². The summed E-state index contributed by atoms with van der Waals surface area (Å²) < 4.78 is 5.94. The van der Waals surface area contributed by atoms with E-state index in [9.17, 15) is 4.79 Å². The zero-order valence-electron chi connectivity index (χ0n) is 10.9. The summed E-state index contributed by atoms with van der Waals surface area (Å²) in [5.74, 6) is 0.120. The molecule has 0 atom stereocenters. The lowest BCUT2D eigenvalue weighted by Crippen LogP contribution is -2.11. The molecule has 6 nitrogen and oxygen atoms in total. The fourth-order valence-corrected chi connectivity index (χ4v) is 2.56. The molecule has 0 bridgehead atoms. The smallest absolute Gasteiger partial charge is 0.258 e. The Morgan fingerprint density at radius 1 is 1.40 bits per heavy atom. The molecule has 0 aliphatic rings. The second-order valence-electron chi connectivity index (χ2n) is 4.41. The third-order valence-corrected chi connectivity index (χ3v) is 3.90. The van der Waals surface area contributed by atoms with E-state index < -0.39 is 0 Å². The minimum atomic E-state index is -0.252. The number of hydrogen-bond donors (Lipinski definition) is 2. The molecule has 20 heavy (non-hydrogen) atoms. The fourth-order valence-electron chi connectivity index (χ4n) is 1.79.